The zero-order valence-corrected chi connectivity index (χ0v) is 15.3. The van der Waals surface area contributed by atoms with Gasteiger partial charge in [0.15, 0.2) is 17.3 Å². The number of nitrogens with one attached hydrogen (secondary N) is 1. The van der Waals surface area contributed by atoms with Crippen molar-refractivity contribution in [1.82, 2.24) is 0 Å². The second kappa shape index (κ2) is 9.04. The van der Waals surface area contributed by atoms with Crippen LogP contribution in [0.3, 0.4) is 0 Å². The number of hydrogen-bond donors (Lipinski definition) is 1. The molecule has 1 fully saturated rings. The summed E-state index contributed by atoms with van der Waals surface area (Å²) < 4.78 is 16.9. The van der Waals surface area contributed by atoms with Gasteiger partial charge in [-0.05, 0) is 51.8 Å². The van der Waals surface area contributed by atoms with Crippen LogP contribution in [-0.4, -0.2) is 51.3 Å². The van der Waals surface area contributed by atoms with Crippen molar-refractivity contribution in [2.45, 2.75) is 45.8 Å². The summed E-state index contributed by atoms with van der Waals surface area (Å²) in [6.07, 6.45) is 2.83. The van der Waals surface area contributed by atoms with Crippen LogP contribution in [0.15, 0.2) is 18.2 Å². The van der Waals surface area contributed by atoms with Crippen LogP contribution in [0, 0.1) is 0 Å². The highest BCUT2D eigenvalue weighted by Crippen LogP contribution is 2.28. The van der Waals surface area contributed by atoms with E-state index in [2.05, 4.69) is 13.8 Å². The van der Waals surface area contributed by atoms with E-state index in [1.807, 2.05) is 6.07 Å². The van der Waals surface area contributed by atoms with Crippen molar-refractivity contribution in [3.63, 3.8) is 0 Å². The smallest absolute Gasteiger partial charge is 0.161 e. The van der Waals surface area contributed by atoms with E-state index in [1.165, 1.54) is 0 Å². The maximum Gasteiger partial charge on any atom is 0.161 e. The molecule has 134 valence electrons. The second-order valence-electron chi connectivity index (χ2n) is 6.64. The molecule has 0 amide bonds. The summed E-state index contributed by atoms with van der Waals surface area (Å²) in [5, 5.41) is 0. The van der Waals surface area contributed by atoms with Gasteiger partial charge in [0.1, 0.15) is 25.3 Å². The monoisotopic (exact) mass is 336 g/mol. The van der Waals surface area contributed by atoms with E-state index in [-0.39, 0.29) is 5.78 Å². The Morgan fingerprint density at radius 1 is 1.21 bits per heavy atom. The van der Waals surface area contributed by atoms with Gasteiger partial charge in [-0.1, -0.05) is 0 Å². The standard InChI is InChI=1S/C19H29NO4/c1-14-12-20(13-15(2)24-14)9-5-6-10-23-18-8-7-17(16(3)21)11-19(18)22-4/h7-8,11,14-15H,5-6,9-10,12-13H2,1-4H3/p+1/t14-,15-/m1/s1. The molecule has 0 bridgehead atoms. The summed E-state index contributed by atoms with van der Waals surface area (Å²) in [6.45, 7) is 9.83. The summed E-state index contributed by atoms with van der Waals surface area (Å²) in [5.74, 6) is 1.34. The number of quaternary nitrogens is 1. The Labute approximate surface area is 144 Å². The lowest BCUT2D eigenvalue weighted by molar-refractivity contribution is -0.915. The van der Waals surface area contributed by atoms with Gasteiger partial charge in [-0.2, -0.15) is 0 Å². The van der Waals surface area contributed by atoms with Crippen LogP contribution < -0.4 is 14.4 Å². The predicted molar refractivity (Wildman–Crippen MR) is 93.3 cm³/mol. The number of rotatable bonds is 8. The van der Waals surface area contributed by atoms with Crippen molar-refractivity contribution in [3.05, 3.63) is 23.8 Å². The fraction of sp³-hybridized carbons (Fsp3) is 0.632. The Balaban J connectivity index is 1.73. The zero-order chi connectivity index (χ0) is 17.5. The van der Waals surface area contributed by atoms with Gasteiger partial charge >= 0.3 is 0 Å². The Kier molecular flexibility index (Phi) is 7.06. The predicted octanol–water partition coefficient (Wildman–Crippen LogP) is 1.75. The number of ketones is 1. The van der Waals surface area contributed by atoms with Crippen molar-refractivity contribution < 1.29 is 23.9 Å². The molecule has 1 aromatic carbocycles. The van der Waals surface area contributed by atoms with Gasteiger partial charge in [-0.3, -0.25) is 4.79 Å². The van der Waals surface area contributed by atoms with E-state index in [9.17, 15) is 4.79 Å². The van der Waals surface area contributed by atoms with Crippen LogP contribution >= 0.6 is 0 Å². The van der Waals surface area contributed by atoms with Crippen LogP contribution in [0.25, 0.3) is 0 Å². The van der Waals surface area contributed by atoms with Gasteiger partial charge in [-0.25, -0.2) is 0 Å². The highest BCUT2D eigenvalue weighted by molar-refractivity contribution is 5.94. The molecule has 1 aliphatic rings. The third-order valence-corrected chi connectivity index (χ3v) is 4.37. The number of methoxy groups -OCH3 is 1. The maximum atomic E-state index is 11.4. The van der Waals surface area contributed by atoms with Gasteiger partial charge in [0, 0.05) is 5.56 Å². The number of hydrogen-bond acceptors (Lipinski definition) is 4. The molecule has 5 nitrogen and oxygen atoms in total. The highest BCUT2D eigenvalue weighted by atomic mass is 16.5. The first kappa shape index (κ1) is 18.7. The van der Waals surface area contributed by atoms with Crippen molar-refractivity contribution in [2.24, 2.45) is 0 Å². The van der Waals surface area contributed by atoms with E-state index in [0.717, 1.165) is 32.5 Å². The normalized spacial score (nSPS) is 23.8. The average molecular weight is 336 g/mol. The summed E-state index contributed by atoms with van der Waals surface area (Å²) in [5.41, 5.74) is 0.637. The van der Waals surface area contributed by atoms with Crippen LogP contribution in [0.2, 0.25) is 0 Å². The fourth-order valence-corrected chi connectivity index (χ4v) is 3.26. The first-order valence-corrected chi connectivity index (χ1v) is 8.80. The Morgan fingerprint density at radius 2 is 1.92 bits per heavy atom. The maximum absolute atomic E-state index is 11.4. The summed E-state index contributed by atoms with van der Waals surface area (Å²) >= 11 is 0. The van der Waals surface area contributed by atoms with E-state index in [4.69, 9.17) is 14.2 Å². The lowest BCUT2D eigenvalue weighted by atomic mass is 10.1. The molecule has 0 radical (unpaired) electrons. The summed E-state index contributed by atoms with van der Waals surface area (Å²) in [7, 11) is 1.59. The minimum Gasteiger partial charge on any atom is -0.493 e. The summed E-state index contributed by atoms with van der Waals surface area (Å²) in [4.78, 5) is 13.0. The third kappa shape index (κ3) is 5.49. The number of Topliss-reactive ketones (excluding diaryl/α,β-unsaturated/α-hetero) is 1. The topological polar surface area (TPSA) is 49.2 Å². The van der Waals surface area contributed by atoms with Crippen molar-refractivity contribution in [1.29, 1.82) is 0 Å². The number of carbonyl (C=O) groups is 1. The first-order chi connectivity index (χ1) is 11.5. The van der Waals surface area contributed by atoms with Crippen molar-refractivity contribution in [3.8, 4) is 11.5 Å². The van der Waals surface area contributed by atoms with E-state index < -0.39 is 0 Å². The van der Waals surface area contributed by atoms with Crippen LogP contribution in [-0.2, 0) is 4.74 Å². The lowest BCUT2D eigenvalue weighted by Gasteiger charge is -2.32. The number of morpholine rings is 1. The minimum atomic E-state index is 0.0248. The molecule has 0 aliphatic carbocycles. The summed E-state index contributed by atoms with van der Waals surface area (Å²) in [6, 6.07) is 5.32. The van der Waals surface area contributed by atoms with Crippen LogP contribution in [0.1, 0.15) is 44.0 Å². The van der Waals surface area contributed by atoms with Gasteiger partial charge in [-0.15, -0.1) is 0 Å². The highest BCUT2D eigenvalue weighted by Gasteiger charge is 2.24. The molecule has 0 saturated carbocycles. The molecule has 0 spiro atoms. The van der Waals surface area contributed by atoms with Gasteiger partial charge in [0.2, 0.25) is 0 Å². The molecule has 1 aliphatic heterocycles. The number of unbranched alkanes of at least 4 members (excludes halogenated alkanes) is 1. The first-order valence-electron chi connectivity index (χ1n) is 8.80. The fourth-order valence-electron chi connectivity index (χ4n) is 3.26. The van der Waals surface area contributed by atoms with E-state index >= 15 is 0 Å². The molecule has 1 aromatic rings. The Morgan fingerprint density at radius 3 is 2.54 bits per heavy atom. The Hall–Kier alpha value is -1.59. The molecule has 5 heteroatoms. The van der Waals surface area contributed by atoms with Crippen molar-refractivity contribution in [2.75, 3.05) is 33.4 Å². The molecule has 2 atom stereocenters. The van der Waals surface area contributed by atoms with Crippen LogP contribution in [0.5, 0.6) is 11.5 Å². The lowest BCUT2D eigenvalue weighted by Crippen LogP contribution is -3.15. The van der Waals surface area contributed by atoms with Crippen molar-refractivity contribution >= 4 is 5.78 Å². The SMILES string of the molecule is COc1cc(C(C)=O)ccc1OCCCC[NH+]1C[C@@H](C)O[C@H](C)C1. The molecule has 2 rings (SSSR count). The molecule has 0 aromatic heterocycles. The Bertz CT molecular complexity index is 536. The van der Waals surface area contributed by atoms with Gasteiger partial charge in [0.25, 0.3) is 0 Å². The molecule has 1 N–H and O–H groups in total. The molecular formula is C19H30NO4+. The molecular weight excluding hydrogens is 306 g/mol. The zero-order valence-electron chi connectivity index (χ0n) is 15.3. The molecule has 0 unspecified atom stereocenters. The van der Waals surface area contributed by atoms with Gasteiger partial charge < -0.3 is 19.1 Å². The molecule has 1 saturated heterocycles. The quantitative estimate of drug-likeness (QED) is 0.580. The molecule has 1 heterocycles. The van der Waals surface area contributed by atoms with E-state index in [0.29, 0.717) is 35.9 Å². The average Bonchev–Trinajstić information content (AvgIpc) is 2.53. The number of benzene rings is 1. The van der Waals surface area contributed by atoms with Gasteiger partial charge in [0.05, 0.1) is 20.3 Å². The number of carbonyl (C=O) groups excluding carboxylic acids is 1. The third-order valence-electron chi connectivity index (χ3n) is 4.37. The number of ether oxygens (including phenoxy) is 3. The van der Waals surface area contributed by atoms with Crippen LogP contribution in [0.4, 0.5) is 0 Å². The molecule has 24 heavy (non-hydrogen) atoms. The minimum absolute atomic E-state index is 0.0248. The second-order valence-corrected chi connectivity index (χ2v) is 6.64. The van der Waals surface area contributed by atoms with E-state index in [1.54, 1.807) is 31.1 Å². The largest absolute Gasteiger partial charge is 0.493 e.